The van der Waals surface area contributed by atoms with E-state index >= 15 is 0 Å². The maximum Gasteiger partial charge on any atom is 0.195 e. The lowest BCUT2D eigenvalue weighted by Crippen LogP contribution is -2.27. The second-order valence-electron chi connectivity index (χ2n) is 4.00. The van der Waals surface area contributed by atoms with Crippen LogP contribution in [0.4, 0.5) is 15.8 Å². The van der Waals surface area contributed by atoms with Gasteiger partial charge in [0.1, 0.15) is 0 Å². The second-order valence-corrected chi connectivity index (χ2v) is 4.00. The average molecular weight is 225 g/mol. The van der Waals surface area contributed by atoms with Gasteiger partial charge in [-0.05, 0) is 29.8 Å². The highest BCUT2D eigenvalue weighted by atomic mass is 19.1. The molecule has 0 spiro atoms. The summed E-state index contributed by atoms with van der Waals surface area (Å²) in [4.78, 5) is 1.70. The summed E-state index contributed by atoms with van der Waals surface area (Å²) in [6, 6.07) is 17.4. The molecule has 0 bridgehead atoms. The number of halogens is 1. The van der Waals surface area contributed by atoms with Crippen LogP contribution in [0, 0.1) is 0 Å². The van der Waals surface area contributed by atoms with Gasteiger partial charge in [0.2, 0.25) is 0 Å². The van der Waals surface area contributed by atoms with Crippen molar-refractivity contribution in [1.82, 2.24) is 0 Å². The molecule has 0 fully saturated rings. The van der Waals surface area contributed by atoms with E-state index < -0.39 is 6.30 Å². The minimum absolute atomic E-state index is 0.872. The zero-order valence-electron chi connectivity index (χ0n) is 9.25. The molecule has 0 saturated carbocycles. The van der Waals surface area contributed by atoms with Crippen molar-refractivity contribution in [2.75, 3.05) is 4.90 Å². The van der Waals surface area contributed by atoms with Gasteiger partial charge in [0.25, 0.3) is 0 Å². The lowest BCUT2D eigenvalue weighted by molar-refractivity contribution is 0.405. The lowest BCUT2D eigenvalue weighted by atomic mass is 10.1. The Balaban J connectivity index is 2.13. The summed E-state index contributed by atoms with van der Waals surface area (Å²) in [5.41, 5.74) is 2.83. The molecule has 0 radical (unpaired) electrons. The van der Waals surface area contributed by atoms with Crippen molar-refractivity contribution in [3.05, 3.63) is 66.2 Å². The topological polar surface area (TPSA) is 3.24 Å². The monoisotopic (exact) mass is 225 g/mol. The van der Waals surface area contributed by atoms with Crippen molar-refractivity contribution in [2.24, 2.45) is 0 Å². The summed E-state index contributed by atoms with van der Waals surface area (Å²) >= 11 is 0. The van der Waals surface area contributed by atoms with Crippen LogP contribution < -0.4 is 4.90 Å². The normalized spacial score (nSPS) is 17.9. The number of benzene rings is 2. The van der Waals surface area contributed by atoms with Gasteiger partial charge in [0.05, 0.1) is 5.69 Å². The first-order valence-electron chi connectivity index (χ1n) is 5.62. The number of para-hydroxylation sites is 2. The van der Waals surface area contributed by atoms with Gasteiger partial charge in [-0.1, -0.05) is 42.5 Å². The van der Waals surface area contributed by atoms with Crippen molar-refractivity contribution >= 4 is 17.5 Å². The van der Waals surface area contributed by atoms with Crippen LogP contribution in [0.25, 0.3) is 6.08 Å². The maximum absolute atomic E-state index is 14.1. The first-order chi connectivity index (χ1) is 8.36. The van der Waals surface area contributed by atoms with Gasteiger partial charge in [-0.25, -0.2) is 4.39 Å². The fourth-order valence-electron chi connectivity index (χ4n) is 2.12. The Labute approximate surface area is 99.8 Å². The third kappa shape index (κ3) is 1.72. The van der Waals surface area contributed by atoms with Crippen molar-refractivity contribution in [1.29, 1.82) is 0 Å². The molecule has 0 amide bonds. The molecule has 2 aromatic carbocycles. The van der Waals surface area contributed by atoms with E-state index in [1.165, 1.54) is 0 Å². The Kier molecular flexibility index (Phi) is 2.41. The molecule has 1 aliphatic heterocycles. The number of anilines is 2. The Morgan fingerprint density at radius 1 is 0.882 bits per heavy atom. The van der Waals surface area contributed by atoms with Crippen molar-refractivity contribution in [3.63, 3.8) is 0 Å². The molecule has 2 heteroatoms. The molecule has 84 valence electrons. The van der Waals surface area contributed by atoms with E-state index in [-0.39, 0.29) is 0 Å². The van der Waals surface area contributed by atoms with Gasteiger partial charge in [0, 0.05) is 5.69 Å². The summed E-state index contributed by atoms with van der Waals surface area (Å²) in [5.74, 6) is 0. The van der Waals surface area contributed by atoms with Gasteiger partial charge in [0.15, 0.2) is 6.30 Å². The second kappa shape index (κ2) is 4.06. The predicted molar refractivity (Wildman–Crippen MR) is 69.0 cm³/mol. The van der Waals surface area contributed by atoms with Crippen molar-refractivity contribution in [3.8, 4) is 0 Å². The Hall–Kier alpha value is -2.09. The highest BCUT2D eigenvalue weighted by molar-refractivity contribution is 5.77. The molecule has 1 unspecified atom stereocenters. The number of hydrogen-bond donors (Lipinski definition) is 0. The molecule has 0 aliphatic carbocycles. The number of rotatable bonds is 1. The molecule has 1 aliphatic rings. The zero-order chi connectivity index (χ0) is 11.7. The highest BCUT2D eigenvalue weighted by Crippen LogP contribution is 2.35. The van der Waals surface area contributed by atoms with Crippen LogP contribution in [0.3, 0.4) is 0 Å². The quantitative estimate of drug-likeness (QED) is 0.659. The highest BCUT2D eigenvalue weighted by Gasteiger charge is 2.22. The molecule has 1 heterocycles. The molecule has 0 N–H and O–H groups in total. The van der Waals surface area contributed by atoms with E-state index in [0.29, 0.717) is 0 Å². The van der Waals surface area contributed by atoms with Crippen LogP contribution in [0.15, 0.2) is 60.7 Å². The SMILES string of the molecule is FC1C=Cc2ccccc2N1c1ccccc1. The first kappa shape index (κ1) is 10.1. The summed E-state index contributed by atoms with van der Waals surface area (Å²) in [6.07, 6.45) is 2.31. The smallest absolute Gasteiger partial charge is 0.195 e. The molecule has 2 aromatic rings. The standard InChI is InChI=1S/C15H12FN/c16-15-11-10-12-6-4-5-9-14(12)17(15)13-7-2-1-3-8-13/h1-11,15H. The van der Waals surface area contributed by atoms with Crippen molar-refractivity contribution < 1.29 is 4.39 Å². The number of nitrogens with zero attached hydrogens (tertiary/aromatic N) is 1. The number of alkyl halides is 1. The third-order valence-corrected chi connectivity index (χ3v) is 2.91. The lowest BCUT2D eigenvalue weighted by Gasteiger charge is -2.31. The molecular weight excluding hydrogens is 213 g/mol. The fourth-order valence-corrected chi connectivity index (χ4v) is 2.12. The first-order valence-corrected chi connectivity index (χ1v) is 5.62. The van der Waals surface area contributed by atoms with Crippen LogP contribution in [0.1, 0.15) is 5.56 Å². The molecule has 1 atom stereocenters. The Bertz CT molecular complexity index is 548. The van der Waals surface area contributed by atoms with Crippen LogP contribution in [0.5, 0.6) is 0 Å². The molecule has 1 nitrogen and oxygen atoms in total. The van der Waals surface area contributed by atoms with E-state index in [9.17, 15) is 4.39 Å². The summed E-state index contributed by atoms with van der Waals surface area (Å²) in [6.45, 7) is 0. The van der Waals surface area contributed by atoms with Crippen LogP contribution >= 0.6 is 0 Å². The van der Waals surface area contributed by atoms with E-state index in [1.807, 2.05) is 60.7 Å². The fraction of sp³-hybridized carbons (Fsp3) is 0.0667. The van der Waals surface area contributed by atoms with Crippen LogP contribution in [-0.2, 0) is 0 Å². The van der Waals surface area contributed by atoms with Gasteiger partial charge in [-0.3, -0.25) is 0 Å². The van der Waals surface area contributed by atoms with Crippen molar-refractivity contribution in [2.45, 2.75) is 6.30 Å². The van der Waals surface area contributed by atoms with Gasteiger partial charge < -0.3 is 4.90 Å². The minimum atomic E-state index is -1.10. The van der Waals surface area contributed by atoms with Crippen LogP contribution in [0.2, 0.25) is 0 Å². The molecule has 3 rings (SSSR count). The van der Waals surface area contributed by atoms with Gasteiger partial charge >= 0.3 is 0 Å². The summed E-state index contributed by atoms with van der Waals surface area (Å²) < 4.78 is 14.1. The third-order valence-electron chi connectivity index (χ3n) is 2.91. The van der Waals surface area contributed by atoms with E-state index in [2.05, 4.69) is 0 Å². The minimum Gasteiger partial charge on any atom is -0.307 e. The predicted octanol–water partition coefficient (Wildman–Crippen LogP) is 4.15. The number of fused-ring (bicyclic) bond motifs is 1. The summed E-state index contributed by atoms with van der Waals surface area (Å²) in [7, 11) is 0. The number of hydrogen-bond acceptors (Lipinski definition) is 1. The largest absolute Gasteiger partial charge is 0.307 e. The Morgan fingerprint density at radius 2 is 1.59 bits per heavy atom. The van der Waals surface area contributed by atoms with Gasteiger partial charge in [-0.15, -0.1) is 0 Å². The molecule has 0 aromatic heterocycles. The maximum atomic E-state index is 14.1. The van der Waals surface area contributed by atoms with Crippen LogP contribution in [-0.4, -0.2) is 6.30 Å². The summed E-state index contributed by atoms with van der Waals surface area (Å²) in [5, 5.41) is 0. The molecule has 17 heavy (non-hydrogen) atoms. The molecular formula is C15H12FN. The average Bonchev–Trinajstić information content (AvgIpc) is 2.39. The van der Waals surface area contributed by atoms with E-state index in [4.69, 9.17) is 0 Å². The van der Waals surface area contributed by atoms with E-state index in [1.54, 1.807) is 11.0 Å². The van der Waals surface area contributed by atoms with E-state index in [0.717, 1.165) is 16.9 Å². The zero-order valence-corrected chi connectivity index (χ0v) is 9.25. The van der Waals surface area contributed by atoms with Gasteiger partial charge in [-0.2, -0.15) is 0 Å². The Morgan fingerprint density at radius 3 is 2.41 bits per heavy atom. The molecule has 0 saturated heterocycles.